The van der Waals surface area contributed by atoms with Crippen LogP contribution in [0.2, 0.25) is 18.1 Å². The van der Waals surface area contributed by atoms with Crippen molar-refractivity contribution in [3.8, 4) is 0 Å². The summed E-state index contributed by atoms with van der Waals surface area (Å²) >= 11 is 0. The summed E-state index contributed by atoms with van der Waals surface area (Å²) in [5.74, 6) is -0.930. The van der Waals surface area contributed by atoms with E-state index in [-0.39, 0.29) is 36.8 Å². The molecule has 0 amide bonds. The minimum atomic E-state index is -2.08. The Hall–Kier alpha value is -0.813. The molecule has 9 heteroatoms. The summed E-state index contributed by atoms with van der Waals surface area (Å²) in [4.78, 5) is 11.9. The van der Waals surface area contributed by atoms with E-state index >= 15 is 0 Å². The smallest absolute Gasteiger partial charge is 0.308 e. The van der Waals surface area contributed by atoms with Crippen LogP contribution in [0.25, 0.3) is 0 Å². The molecule has 36 heavy (non-hydrogen) atoms. The Morgan fingerprint density at radius 3 is 2.33 bits per heavy atom. The molecule has 3 heterocycles. The van der Waals surface area contributed by atoms with Gasteiger partial charge in [-0.05, 0) is 43.8 Å². The number of aliphatic hydroxyl groups is 1. The lowest BCUT2D eigenvalue weighted by atomic mass is 9.86. The Morgan fingerprint density at radius 1 is 1.06 bits per heavy atom. The summed E-state index contributed by atoms with van der Waals surface area (Å²) in [7, 11) is -0.680. The zero-order valence-corrected chi connectivity index (χ0v) is 23.5. The van der Waals surface area contributed by atoms with Gasteiger partial charge < -0.3 is 33.2 Å². The number of ether oxygens (including phenoxy) is 5. The minimum Gasteiger partial charge on any atom is -0.469 e. The van der Waals surface area contributed by atoms with Crippen LogP contribution in [0.15, 0.2) is 12.7 Å². The molecule has 0 aromatic rings. The van der Waals surface area contributed by atoms with Crippen molar-refractivity contribution in [3.05, 3.63) is 12.7 Å². The lowest BCUT2D eigenvalue weighted by Gasteiger charge is -2.49. The van der Waals surface area contributed by atoms with E-state index in [9.17, 15) is 9.90 Å². The number of methoxy groups -OCH3 is 1. The molecular weight excluding hydrogens is 480 g/mol. The maximum absolute atomic E-state index is 11.9. The molecule has 8 nitrogen and oxygen atoms in total. The quantitative estimate of drug-likeness (QED) is 0.257. The average molecular weight is 527 g/mol. The van der Waals surface area contributed by atoms with Crippen LogP contribution in [0.4, 0.5) is 0 Å². The highest BCUT2D eigenvalue weighted by Crippen LogP contribution is 2.48. The van der Waals surface area contributed by atoms with Crippen LogP contribution in [0.1, 0.15) is 72.1 Å². The van der Waals surface area contributed by atoms with Crippen molar-refractivity contribution >= 4 is 14.3 Å². The van der Waals surface area contributed by atoms with Crippen molar-refractivity contribution in [2.45, 2.75) is 145 Å². The van der Waals surface area contributed by atoms with E-state index in [1.807, 2.05) is 0 Å². The molecular formula is C27H46O8Si. The van der Waals surface area contributed by atoms with Crippen molar-refractivity contribution in [2.75, 3.05) is 7.11 Å². The predicted molar refractivity (Wildman–Crippen MR) is 137 cm³/mol. The third kappa shape index (κ3) is 5.62. The van der Waals surface area contributed by atoms with Gasteiger partial charge in [0.05, 0.1) is 31.8 Å². The van der Waals surface area contributed by atoms with Gasteiger partial charge in [0.25, 0.3) is 0 Å². The van der Waals surface area contributed by atoms with Crippen LogP contribution < -0.4 is 0 Å². The molecule has 1 aliphatic carbocycles. The fraction of sp³-hybridized carbons (Fsp3) is 0.889. The molecule has 4 fully saturated rings. The van der Waals surface area contributed by atoms with Gasteiger partial charge >= 0.3 is 5.97 Å². The van der Waals surface area contributed by atoms with Gasteiger partial charge in [0, 0.05) is 12.8 Å². The number of carbonyl (C=O) groups is 1. The summed E-state index contributed by atoms with van der Waals surface area (Å²) in [6.07, 6.45) is 4.58. The van der Waals surface area contributed by atoms with E-state index in [1.165, 1.54) is 13.5 Å². The number of aliphatic hydroxyl groups excluding tert-OH is 1. The maximum Gasteiger partial charge on any atom is 0.308 e. The van der Waals surface area contributed by atoms with Crippen molar-refractivity contribution in [3.63, 3.8) is 0 Å². The summed E-state index contributed by atoms with van der Waals surface area (Å²) in [6, 6.07) is 2.90. The second kappa shape index (κ2) is 11.9. The van der Waals surface area contributed by atoms with Gasteiger partial charge in [-0.2, -0.15) is 0 Å². The highest BCUT2D eigenvalue weighted by molar-refractivity contribution is 6.73. The Kier molecular flexibility index (Phi) is 9.34. The van der Waals surface area contributed by atoms with Crippen LogP contribution in [0.5, 0.6) is 0 Å². The highest BCUT2D eigenvalue weighted by atomic mass is 28.4. The van der Waals surface area contributed by atoms with Gasteiger partial charge in [-0.1, -0.05) is 33.3 Å². The second-order valence-corrected chi connectivity index (χ2v) is 15.6. The summed E-state index contributed by atoms with van der Waals surface area (Å²) < 4.78 is 38.4. The van der Waals surface area contributed by atoms with Crippen LogP contribution >= 0.6 is 0 Å². The molecule has 4 rings (SSSR count). The molecule has 0 radical (unpaired) electrons. The predicted octanol–water partition coefficient (Wildman–Crippen LogP) is 4.25. The first-order valence-electron chi connectivity index (χ1n) is 14.0. The first-order valence-corrected chi connectivity index (χ1v) is 16.6. The lowest BCUT2D eigenvalue weighted by Crippen LogP contribution is -2.65. The van der Waals surface area contributed by atoms with Crippen LogP contribution in [-0.2, 0) is 32.9 Å². The van der Waals surface area contributed by atoms with Crippen molar-refractivity contribution < 1.29 is 38.0 Å². The highest BCUT2D eigenvalue weighted by Gasteiger charge is 2.61. The normalized spacial score (nSPS) is 35.5. The molecule has 0 aromatic heterocycles. The molecule has 8 atom stereocenters. The molecule has 1 spiro atoms. The van der Waals surface area contributed by atoms with Gasteiger partial charge in [-0.25, -0.2) is 0 Å². The topological polar surface area (TPSA) is 92.7 Å². The van der Waals surface area contributed by atoms with E-state index in [1.54, 1.807) is 6.08 Å². The molecule has 0 aromatic carbocycles. The van der Waals surface area contributed by atoms with Gasteiger partial charge in [0.1, 0.15) is 30.5 Å². The van der Waals surface area contributed by atoms with Gasteiger partial charge in [0.15, 0.2) is 14.1 Å². The summed E-state index contributed by atoms with van der Waals surface area (Å²) in [5.41, 5.74) is 0. The van der Waals surface area contributed by atoms with Gasteiger partial charge in [0.2, 0.25) is 0 Å². The Morgan fingerprint density at radius 2 is 1.72 bits per heavy atom. The van der Waals surface area contributed by atoms with Gasteiger partial charge in [-0.3, -0.25) is 4.79 Å². The zero-order valence-electron chi connectivity index (χ0n) is 22.5. The number of esters is 1. The fourth-order valence-electron chi connectivity index (χ4n) is 6.54. The molecule has 3 aliphatic heterocycles. The standard InChI is InChI=1S/C27H46O8Si/c1-6-19(28)22(35-36(7-2,8-3)9-4)24-26-25(33-27(34-26)15-11-10-12-16-27)23-20(32-24)14-13-18(31-23)17-21(29)30-5/h6,18-20,22-26,28H,1,7-17H2,2-5H3/t18-,19?,20+,22?,23+,24+,25+,26-/m1/s1. The third-order valence-corrected chi connectivity index (χ3v) is 13.6. The largest absolute Gasteiger partial charge is 0.469 e. The molecule has 0 bridgehead atoms. The van der Waals surface area contributed by atoms with Crippen LogP contribution in [0, 0.1) is 0 Å². The lowest BCUT2D eigenvalue weighted by molar-refractivity contribution is -0.257. The zero-order chi connectivity index (χ0) is 25.9. The number of carbonyl (C=O) groups excluding carboxylic acids is 1. The average Bonchev–Trinajstić information content (AvgIpc) is 3.28. The van der Waals surface area contributed by atoms with E-state index in [4.69, 9.17) is 28.1 Å². The number of rotatable bonds is 10. The molecule has 4 aliphatic rings. The van der Waals surface area contributed by atoms with E-state index in [2.05, 4.69) is 27.4 Å². The molecule has 206 valence electrons. The minimum absolute atomic E-state index is 0.213. The van der Waals surface area contributed by atoms with Crippen LogP contribution in [0.3, 0.4) is 0 Å². The summed E-state index contributed by atoms with van der Waals surface area (Å²) in [5, 5.41) is 11.1. The molecule has 3 saturated heterocycles. The number of hydrogen-bond donors (Lipinski definition) is 1. The van der Waals surface area contributed by atoms with Crippen LogP contribution in [-0.4, -0.2) is 81.1 Å². The van der Waals surface area contributed by atoms with Crippen molar-refractivity contribution in [1.29, 1.82) is 0 Å². The third-order valence-electron chi connectivity index (χ3n) is 8.95. The maximum atomic E-state index is 11.9. The van der Waals surface area contributed by atoms with E-state index in [0.29, 0.717) is 6.42 Å². The Bertz CT molecular complexity index is 744. The van der Waals surface area contributed by atoms with E-state index < -0.39 is 38.5 Å². The Labute approximate surface area is 217 Å². The first-order chi connectivity index (χ1) is 17.3. The Balaban J connectivity index is 1.64. The molecule has 1 saturated carbocycles. The van der Waals surface area contributed by atoms with Crippen molar-refractivity contribution in [2.24, 2.45) is 0 Å². The van der Waals surface area contributed by atoms with Gasteiger partial charge in [-0.15, -0.1) is 6.58 Å². The second-order valence-electron chi connectivity index (χ2n) is 10.9. The number of hydrogen-bond acceptors (Lipinski definition) is 8. The first kappa shape index (κ1) is 28.2. The number of fused-ring (bicyclic) bond motifs is 3. The van der Waals surface area contributed by atoms with E-state index in [0.717, 1.165) is 50.2 Å². The molecule has 2 unspecified atom stereocenters. The fourth-order valence-corrected chi connectivity index (χ4v) is 9.39. The van der Waals surface area contributed by atoms with Crippen molar-refractivity contribution in [1.82, 2.24) is 0 Å². The monoisotopic (exact) mass is 526 g/mol. The summed E-state index contributed by atoms with van der Waals surface area (Å²) in [6.45, 7) is 10.4. The molecule has 1 N–H and O–H groups in total. The SMILES string of the molecule is C=CC(O)C(O[Si](CC)(CC)CC)[C@@H]1O[C@H]2CC[C@H](CC(=O)OC)O[C@@H]2[C@@H]2OC3(CCCCC3)O[C@@H]21.